The molecule has 0 radical (unpaired) electrons. The van der Waals surface area contributed by atoms with Crippen molar-refractivity contribution in [1.82, 2.24) is 4.90 Å². The van der Waals surface area contributed by atoms with Crippen LogP contribution >= 0.6 is 0 Å². The van der Waals surface area contributed by atoms with Crippen LogP contribution in [0, 0.1) is 5.92 Å². The summed E-state index contributed by atoms with van der Waals surface area (Å²) in [5.41, 5.74) is 4.53. The fourth-order valence-corrected chi connectivity index (χ4v) is 4.12. The number of fused-ring (bicyclic) bond motifs is 1. The average molecular weight is 362 g/mol. The van der Waals surface area contributed by atoms with Gasteiger partial charge in [-0.25, -0.2) is 0 Å². The molecule has 2 amide bonds. The summed E-state index contributed by atoms with van der Waals surface area (Å²) in [5, 5.41) is 3.04. The van der Waals surface area contributed by atoms with E-state index in [1.807, 2.05) is 41.3 Å². The van der Waals surface area contributed by atoms with Crippen LogP contribution in [0.4, 0.5) is 5.69 Å². The van der Waals surface area contributed by atoms with Gasteiger partial charge in [-0.2, -0.15) is 0 Å². The molecule has 1 saturated heterocycles. The second-order valence-electron chi connectivity index (χ2n) is 7.65. The molecule has 0 spiro atoms. The molecule has 0 saturated carbocycles. The van der Waals surface area contributed by atoms with Crippen LogP contribution in [-0.2, 0) is 28.9 Å². The third-order valence-corrected chi connectivity index (χ3v) is 5.73. The Hall–Kier alpha value is -2.62. The van der Waals surface area contributed by atoms with Gasteiger partial charge in [-0.1, -0.05) is 36.4 Å². The molecule has 1 heterocycles. The Morgan fingerprint density at radius 3 is 2.19 bits per heavy atom. The number of carbonyl (C=O) groups is 2. The van der Waals surface area contributed by atoms with Crippen molar-refractivity contribution < 1.29 is 9.59 Å². The molecule has 1 aliphatic carbocycles. The number of hydrogen-bond acceptors (Lipinski definition) is 2. The SMILES string of the molecule is O=C(Nc1ccc(CCC(=O)N2CCCC2)cc1)C1Cc2ccccc2C1. The summed E-state index contributed by atoms with van der Waals surface area (Å²) in [6, 6.07) is 16.2. The van der Waals surface area contributed by atoms with Crippen LogP contribution in [0.15, 0.2) is 48.5 Å². The molecular formula is C23H26N2O2. The summed E-state index contributed by atoms with van der Waals surface area (Å²) in [6.45, 7) is 1.82. The van der Waals surface area contributed by atoms with Gasteiger partial charge in [-0.05, 0) is 60.9 Å². The Morgan fingerprint density at radius 1 is 0.926 bits per heavy atom. The van der Waals surface area contributed by atoms with Crippen molar-refractivity contribution in [1.29, 1.82) is 0 Å². The molecule has 140 valence electrons. The lowest BCUT2D eigenvalue weighted by atomic mass is 10.0. The Labute approximate surface area is 160 Å². The monoisotopic (exact) mass is 362 g/mol. The second-order valence-corrected chi connectivity index (χ2v) is 7.65. The number of hydrogen-bond donors (Lipinski definition) is 1. The summed E-state index contributed by atoms with van der Waals surface area (Å²) >= 11 is 0. The minimum Gasteiger partial charge on any atom is -0.343 e. The summed E-state index contributed by atoms with van der Waals surface area (Å²) < 4.78 is 0. The number of amides is 2. The molecule has 2 aromatic carbocycles. The van der Waals surface area contributed by atoms with Crippen molar-refractivity contribution in [3.63, 3.8) is 0 Å². The fraction of sp³-hybridized carbons (Fsp3) is 0.391. The second kappa shape index (κ2) is 7.95. The molecular weight excluding hydrogens is 336 g/mol. The predicted molar refractivity (Wildman–Crippen MR) is 107 cm³/mol. The summed E-state index contributed by atoms with van der Waals surface area (Å²) in [5.74, 6) is 0.356. The Bertz CT molecular complexity index is 798. The van der Waals surface area contributed by atoms with Crippen LogP contribution < -0.4 is 5.32 Å². The van der Waals surface area contributed by atoms with Crippen LogP contribution in [0.5, 0.6) is 0 Å². The Balaban J connectivity index is 1.28. The van der Waals surface area contributed by atoms with Gasteiger partial charge in [0.25, 0.3) is 0 Å². The molecule has 0 aromatic heterocycles. The van der Waals surface area contributed by atoms with E-state index in [9.17, 15) is 9.59 Å². The van der Waals surface area contributed by atoms with E-state index >= 15 is 0 Å². The summed E-state index contributed by atoms with van der Waals surface area (Å²) in [4.78, 5) is 26.7. The van der Waals surface area contributed by atoms with Gasteiger partial charge in [0.1, 0.15) is 0 Å². The molecule has 1 fully saturated rings. The number of nitrogens with one attached hydrogen (secondary N) is 1. The average Bonchev–Trinajstić information content (AvgIpc) is 3.37. The van der Waals surface area contributed by atoms with Crippen LogP contribution in [0.1, 0.15) is 36.0 Å². The van der Waals surface area contributed by atoms with Gasteiger partial charge in [-0.3, -0.25) is 9.59 Å². The van der Waals surface area contributed by atoms with Crippen molar-refractivity contribution in [2.75, 3.05) is 18.4 Å². The maximum atomic E-state index is 12.6. The highest BCUT2D eigenvalue weighted by molar-refractivity contribution is 5.93. The van der Waals surface area contributed by atoms with Crippen molar-refractivity contribution in [2.24, 2.45) is 5.92 Å². The topological polar surface area (TPSA) is 49.4 Å². The highest BCUT2D eigenvalue weighted by Gasteiger charge is 2.27. The first-order valence-corrected chi connectivity index (χ1v) is 9.93. The van der Waals surface area contributed by atoms with Gasteiger partial charge in [0.2, 0.25) is 11.8 Å². The van der Waals surface area contributed by atoms with E-state index in [0.717, 1.165) is 56.4 Å². The van der Waals surface area contributed by atoms with E-state index in [2.05, 4.69) is 17.4 Å². The van der Waals surface area contributed by atoms with E-state index in [1.165, 1.54) is 11.1 Å². The first-order chi connectivity index (χ1) is 13.2. The van der Waals surface area contributed by atoms with Gasteiger partial charge in [0.15, 0.2) is 0 Å². The first-order valence-electron chi connectivity index (χ1n) is 9.93. The third kappa shape index (κ3) is 4.21. The molecule has 1 aliphatic heterocycles. The summed E-state index contributed by atoms with van der Waals surface area (Å²) in [7, 11) is 0. The van der Waals surface area contributed by atoms with E-state index in [-0.39, 0.29) is 17.7 Å². The molecule has 4 nitrogen and oxygen atoms in total. The maximum absolute atomic E-state index is 12.6. The molecule has 27 heavy (non-hydrogen) atoms. The molecule has 2 aromatic rings. The van der Waals surface area contributed by atoms with E-state index < -0.39 is 0 Å². The highest BCUT2D eigenvalue weighted by Crippen LogP contribution is 2.27. The van der Waals surface area contributed by atoms with Crippen LogP contribution in [-0.4, -0.2) is 29.8 Å². The lowest BCUT2D eigenvalue weighted by molar-refractivity contribution is -0.130. The predicted octanol–water partition coefficient (Wildman–Crippen LogP) is 3.60. The van der Waals surface area contributed by atoms with E-state index in [1.54, 1.807) is 0 Å². The molecule has 0 bridgehead atoms. The third-order valence-electron chi connectivity index (χ3n) is 5.73. The minimum atomic E-state index is 0.0140. The van der Waals surface area contributed by atoms with Gasteiger partial charge in [0.05, 0.1) is 0 Å². The van der Waals surface area contributed by atoms with Crippen molar-refractivity contribution >= 4 is 17.5 Å². The smallest absolute Gasteiger partial charge is 0.228 e. The summed E-state index contributed by atoms with van der Waals surface area (Å²) in [6.07, 6.45) is 5.21. The van der Waals surface area contributed by atoms with Gasteiger partial charge < -0.3 is 10.2 Å². The quantitative estimate of drug-likeness (QED) is 0.884. The zero-order valence-corrected chi connectivity index (χ0v) is 15.6. The van der Waals surface area contributed by atoms with Crippen LogP contribution in [0.2, 0.25) is 0 Å². The largest absolute Gasteiger partial charge is 0.343 e. The van der Waals surface area contributed by atoms with Crippen molar-refractivity contribution in [3.05, 3.63) is 65.2 Å². The van der Waals surface area contributed by atoms with E-state index in [4.69, 9.17) is 0 Å². The van der Waals surface area contributed by atoms with Crippen LogP contribution in [0.25, 0.3) is 0 Å². The number of anilines is 1. The molecule has 0 atom stereocenters. The minimum absolute atomic E-state index is 0.0140. The molecule has 2 aliphatic rings. The van der Waals surface area contributed by atoms with E-state index in [0.29, 0.717) is 6.42 Å². The Morgan fingerprint density at radius 2 is 1.56 bits per heavy atom. The highest BCUT2D eigenvalue weighted by atomic mass is 16.2. The van der Waals surface area contributed by atoms with Gasteiger partial charge in [0, 0.05) is 31.1 Å². The zero-order chi connectivity index (χ0) is 18.6. The molecule has 4 heteroatoms. The number of rotatable bonds is 5. The molecule has 0 unspecified atom stereocenters. The number of nitrogens with zero attached hydrogens (tertiary/aromatic N) is 1. The number of carbonyl (C=O) groups excluding carboxylic acids is 2. The standard InChI is InChI=1S/C23H26N2O2/c26-22(25-13-3-4-14-25)12-9-17-7-10-21(11-8-17)24-23(27)20-15-18-5-1-2-6-19(18)16-20/h1-2,5-8,10-11,20H,3-4,9,12-16H2,(H,24,27). The maximum Gasteiger partial charge on any atom is 0.228 e. The fourth-order valence-electron chi connectivity index (χ4n) is 4.12. The van der Waals surface area contributed by atoms with Crippen molar-refractivity contribution in [2.45, 2.75) is 38.5 Å². The lowest BCUT2D eigenvalue weighted by Crippen LogP contribution is -2.27. The molecule has 1 N–H and O–H groups in total. The zero-order valence-electron chi connectivity index (χ0n) is 15.6. The number of aryl methyl sites for hydroxylation is 1. The van der Waals surface area contributed by atoms with Crippen molar-refractivity contribution in [3.8, 4) is 0 Å². The van der Waals surface area contributed by atoms with Crippen LogP contribution in [0.3, 0.4) is 0 Å². The van der Waals surface area contributed by atoms with Gasteiger partial charge in [-0.15, -0.1) is 0 Å². The molecule has 4 rings (SSSR count). The Kier molecular flexibility index (Phi) is 5.23. The first kappa shape index (κ1) is 17.8. The lowest BCUT2D eigenvalue weighted by Gasteiger charge is -2.15. The van der Waals surface area contributed by atoms with Gasteiger partial charge >= 0.3 is 0 Å². The normalized spacial score (nSPS) is 16.4. The number of benzene rings is 2. The number of likely N-dealkylation sites (tertiary alicyclic amines) is 1.